The van der Waals surface area contributed by atoms with Gasteiger partial charge in [-0.25, -0.2) is 0 Å². The van der Waals surface area contributed by atoms with Gasteiger partial charge in [0.1, 0.15) is 0 Å². The number of carbonyl (C=O) groups is 1. The summed E-state index contributed by atoms with van der Waals surface area (Å²) in [6, 6.07) is 0. The van der Waals surface area contributed by atoms with Crippen LogP contribution in [0.3, 0.4) is 0 Å². The van der Waals surface area contributed by atoms with Gasteiger partial charge in [0, 0.05) is 21.7 Å². The van der Waals surface area contributed by atoms with Crippen LogP contribution in [0.4, 0.5) is 0 Å². The molecule has 152 valence electrons. The molecule has 0 aliphatic heterocycles. The third-order valence-electron chi connectivity index (χ3n) is 2.94. The van der Waals surface area contributed by atoms with E-state index in [9.17, 15) is 9.90 Å². The number of carboxylic acid groups (broad SMARTS) is 1. The molecule has 3 N–H and O–H groups in total. The summed E-state index contributed by atoms with van der Waals surface area (Å²) in [7, 11) is 0. The first-order valence-electron chi connectivity index (χ1n) is 8.36. The SMILES string of the molecule is C=C(C)C(=O)[O-].CCC(C)(C)O.CCC(C)(C)O.CCC(C)(C)O.[Ti]. The van der Waals surface area contributed by atoms with Crippen molar-refractivity contribution in [3.8, 4) is 0 Å². The second-order valence-corrected chi connectivity index (χ2v) is 7.57. The van der Waals surface area contributed by atoms with E-state index in [1.54, 1.807) is 41.5 Å². The van der Waals surface area contributed by atoms with E-state index in [-0.39, 0.29) is 27.3 Å². The van der Waals surface area contributed by atoms with E-state index in [2.05, 4.69) is 6.58 Å². The molecule has 25 heavy (non-hydrogen) atoms. The number of aliphatic hydroxyl groups is 3. The van der Waals surface area contributed by atoms with E-state index in [1.807, 2.05) is 20.8 Å². The predicted molar refractivity (Wildman–Crippen MR) is 99.6 cm³/mol. The third-order valence-corrected chi connectivity index (χ3v) is 2.94. The monoisotopic (exact) mass is 397 g/mol. The van der Waals surface area contributed by atoms with E-state index in [0.29, 0.717) is 0 Å². The van der Waals surface area contributed by atoms with Gasteiger partial charge in [0.25, 0.3) is 0 Å². The minimum Gasteiger partial charge on any atom is -0.545 e. The Morgan fingerprint density at radius 2 is 0.880 bits per heavy atom. The smallest absolute Gasteiger partial charge is 0.0666 e. The third kappa shape index (κ3) is 69.0. The number of rotatable bonds is 4. The van der Waals surface area contributed by atoms with Crippen LogP contribution in [0.25, 0.3) is 0 Å². The Balaban J connectivity index is -0.0000000702. The van der Waals surface area contributed by atoms with E-state index in [4.69, 9.17) is 15.3 Å². The largest absolute Gasteiger partial charge is 0.545 e. The minimum absolute atomic E-state index is 0. The second-order valence-electron chi connectivity index (χ2n) is 7.57. The number of aliphatic carboxylic acids is 1. The fraction of sp³-hybridized carbons (Fsp3) is 0.842. The molecule has 0 unspecified atom stereocenters. The van der Waals surface area contributed by atoms with Crippen molar-refractivity contribution in [3.63, 3.8) is 0 Å². The van der Waals surface area contributed by atoms with Crippen molar-refractivity contribution in [3.05, 3.63) is 12.2 Å². The van der Waals surface area contributed by atoms with Gasteiger partial charge < -0.3 is 25.2 Å². The number of hydrogen-bond acceptors (Lipinski definition) is 5. The van der Waals surface area contributed by atoms with Gasteiger partial charge in [0.15, 0.2) is 0 Å². The Bertz CT molecular complexity index is 275. The van der Waals surface area contributed by atoms with E-state index < -0.39 is 22.8 Å². The summed E-state index contributed by atoms with van der Waals surface area (Å²) < 4.78 is 0. The molecule has 0 aliphatic carbocycles. The summed E-state index contributed by atoms with van der Waals surface area (Å²) in [4.78, 5) is 9.49. The molecule has 0 saturated heterocycles. The zero-order chi connectivity index (χ0) is 20.8. The Morgan fingerprint density at radius 3 is 0.880 bits per heavy atom. The molecule has 0 fully saturated rings. The maximum absolute atomic E-state index is 9.49. The van der Waals surface area contributed by atoms with Crippen molar-refractivity contribution in [2.45, 2.75) is 105 Å². The van der Waals surface area contributed by atoms with Crippen molar-refractivity contribution >= 4 is 5.97 Å². The van der Waals surface area contributed by atoms with Crippen LogP contribution in [0.15, 0.2) is 12.2 Å². The van der Waals surface area contributed by atoms with Crippen LogP contribution < -0.4 is 5.11 Å². The average Bonchev–Trinajstić information content (AvgIpc) is 2.38. The van der Waals surface area contributed by atoms with E-state index in [1.165, 1.54) is 6.92 Å². The molecule has 0 aliphatic rings. The Kier molecular flexibility index (Phi) is 24.7. The molecule has 0 aromatic rings. The van der Waals surface area contributed by atoms with Crippen molar-refractivity contribution in [1.29, 1.82) is 0 Å². The van der Waals surface area contributed by atoms with Crippen LogP contribution in [0.5, 0.6) is 0 Å². The van der Waals surface area contributed by atoms with Crippen molar-refractivity contribution < 1.29 is 46.9 Å². The zero-order valence-electron chi connectivity index (χ0n) is 18.0. The molecule has 0 heterocycles. The molecule has 0 spiro atoms. The van der Waals surface area contributed by atoms with Gasteiger partial charge in [-0.1, -0.05) is 27.4 Å². The van der Waals surface area contributed by atoms with Gasteiger partial charge in [0.05, 0.1) is 22.8 Å². The molecule has 0 aromatic carbocycles. The van der Waals surface area contributed by atoms with Crippen LogP contribution in [-0.2, 0) is 26.5 Å². The van der Waals surface area contributed by atoms with Crippen molar-refractivity contribution in [2.75, 3.05) is 0 Å². The number of carboxylic acids is 1. The van der Waals surface area contributed by atoms with Crippen molar-refractivity contribution in [2.24, 2.45) is 0 Å². The van der Waals surface area contributed by atoms with Crippen molar-refractivity contribution in [1.82, 2.24) is 0 Å². The molecule has 0 radical (unpaired) electrons. The molecule has 6 heteroatoms. The van der Waals surface area contributed by atoms with Crippen LogP contribution in [-0.4, -0.2) is 38.1 Å². The standard InChI is InChI=1S/3C5H12O.C4H6O2.Ti/c3*1-4-5(2,3)6;1-3(2)4(5)6;/h3*6H,4H2,1-3H3;1H2,2H3,(H,5,6);/p-1. The van der Waals surface area contributed by atoms with Crippen LogP contribution >= 0.6 is 0 Å². The molecule has 0 atom stereocenters. The summed E-state index contributed by atoms with van der Waals surface area (Å²) in [6.07, 6.45) is 2.48. The Hall–Kier alpha value is -0.196. The topological polar surface area (TPSA) is 101 Å². The molecule has 0 saturated carbocycles. The molecule has 5 nitrogen and oxygen atoms in total. The first-order valence-corrected chi connectivity index (χ1v) is 8.36. The van der Waals surface area contributed by atoms with Crippen LogP contribution in [0, 0.1) is 0 Å². The molecule has 0 amide bonds. The number of carbonyl (C=O) groups excluding carboxylic acids is 1. The molecule has 0 aromatic heterocycles. The normalized spacial score (nSPS) is 10.4. The van der Waals surface area contributed by atoms with Gasteiger partial charge in [-0.2, -0.15) is 0 Å². The maximum Gasteiger partial charge on any atom is 0.0666 e. The molecular weight excluding hydrogens is 356 g/mol. The quantitative estimate of drug-likeness (QED) is 0.500. The first kappa shape index (κ1) is 35.8. The summed E-state index contributed by atoms with van der Waals surface area (Å²) in [5, 5.41) is 36.0. The predicted octanol–water partition coefficient (Wildman–Crippen LogP) is 2.81. The van der Waals surface area contributed by atoms with Gasteiger partial charge in [-0.15, -0.1) is 0 Å². The fourth-order valence-electron chi connectivity index (χ4n) is 0. The van der Waals surface area contributed by atoms with E-state index >= 15 is 0 Å². The Labute approximate surface area is 170 Å². The molecule has 0 bridgehead atoms. The number of hydrogen-bond donors (Lipinski definition) is 3. The van der Waals surface area contributed by atoms with Gasteiger partial charge >= 0.3 is 0 Å². The Morgan fingerprint density at radius 1 is 0.800 bits per heavy atom. The minimum atomic E-state index is -1.19. The van der Waals surface area contributed by atoms with Crippen LogP contribution in [0.1, 0.15) is 88.5 Å². The summed E-state index contributed by atoms with van der Waals surface area (Å²) in [5.41, 5.74) is -1.31. The molecule has 0 rings (SSSR count). The second kappa shape index (κ2) is 17.2. The summed E-state index contributed by atoms with van der Waals surface area (Å²) in [6.45, 7) is 21.1. The molecular formula is C19H41O5Ti-. The van der Waals surface area contributed by atoms with Gasteiger partial charge in [-0.05, 0) is 73.3 Å². The van der Waals surface area contributed by atoms with Gasteiger partial charge in [-0.3, -0.25) is 0 Å². The fourth-order valence-corrected chi connectivity index (χ4v) is 0. The summed E-state index contributed by atoms with van der Waals surface area (Å²) in [5.74, 6) is -1.19. The van der Waals surface area contributed by atoms with Gasteiger partial charge in [0.2, 0.25) is 0 Å². The maximum atomic E-state index is 9.49. The van der Waals surface area contributed by atoms with Crippen LogP contribution in [0.2, 0.25) is 0 Å². The zero-order valence-corrected chi connectivity index (χ0v) is 19.5. The first-order chi connectivity index (χ1) is 10.3. The summed E-state index contributed by atoms with van der Waals surface area (Å²) >= 11 is 0. The average molecular weight is 397 g/mol. The van der Waals surface area contributed by atoms with E-state index in [0.717, 1.165) is 19.3 Å².